The molecule has 8 heteroatoms. The van der Waals surface area contributed by atoms with E-state index >= 15 is 0 Å². The van der Waals surface area contributed by atoms with Crippen LogP contribution in [0.1, 0.15) is 22.6 Å². The van der Waals surface area contributed by atoms with Gasteiger partial charge in [0.05, 0.1) is 17.1 Å². The summed E-state index contributed by atoms with van der Waals surface area (Å²) in [7, 11) is 0. The van der Waals surface area contributed by atoms with E-state index in [2.05, 4.69) is 14.9 Å². The zero-order valence-electron chi connectivity index (χ0n) is 16.8. The van der Waals surface area contributed by atoms with E-state index in [0.717, 1.165) is 18.4 Å². The van der Waals surface area contributed by atoms with Crippen LogP contribution in [0, 0.1) is 0 Å². The molecule has 0 unspecified atom stereocenters. The number of para-hydroxylation sites is 1. The molecule has 0 bridgehead atoms. The summed E-state index contributed by atoms with van der Waals surface area (Å²) in [5.74, 6) is 0.542. The monoisotopic (exact) mass is 436 g/mol. The number of aromatic amines is 1. The molecule has 1 N–H and O–H groups in total. The van der Waals surface area contributed by atoms with Crippen molar-refractivity contribution >= 4 is 39.6 Å². The number of carbonyl (C=O) groups is 1. The molecule has 158 valence electrons. The Morgan fingerprint density at radius 1 is 1.06 bits per heavy atom. The van der Waals surface area contributed by atoms with Crippen molar-refractivity contribution in [3.05, 3.63) is 75.3 Å². The maximum absolute atomic E-state index is 12.9. The lowest BCUT2D eigenvalue weighted by Crippen LogP contribution is -2.35. The number of amides is 1. The van der Waals surface area contributed by atoms with Crippen molar-refractivity contribution in [2.24, 2.45) is 0 Å². The van der Waals surface area contributed by atoms with E-state index in [1.165, 1.54) is 0 Å². The highest BCUT2D eigenvalue weighted by Gasteiger charge is 2.22. The maximum atomic E-state index is 12.9. The second kappa shape index (κ2) is 8.17. The first-order valence-electron chi connectivity index (χ1n) is 10.3. The number of fused-ring (bicyclic) bond motifs is 3. The Labute approximate surface area is 183 Å². The van der Waals surface area contributed by atoms with E-state index in [1.54, 1.807) is 12.1 Å². The first-order valence-corrected chi connectivity index (χ1v) is 10.6. The van der Waals surface area contributed by atoms with E-state index in [4.69, 9.17) is 16.0 Å². The van der Waals surface area contributed by atoms with Gasteiger partial charge in [-0.3, -0.25) is 14.5 Å². The molecule has 3 heterocycles. The van der Waals surface area contributed by atoms with E-state index in [9.17, 15) is 9.59 Å². The predicted octanol–water partition coefficient (Wildman–Crippen LogP) is 3.67. The van der Waals surface area contributed by atoms with Crippen molar-refractivity contribution in [1.29, 1.82) is 0 Å². The van der Waals surface area contributed by atoms with E-state index in [1.807, 2.05) is 41.3 Å². The second-order valence-electron chi connectivity index (χ2n) is 7.69. The zero-order chi connectivity index (χ0) is 21.4. The number of hydrogen-bond acceptors (Lipinski definition) is 5. The number of rotatable bonds is 3. The summed E-state index contributed by atoms with van der Waals surface area (Å²) in [5, 5.41) is 1.30. The van der Waals surface area contributed by atoms with Gasteiger partial charge in [0, 0.05) is 31.6 Å². The quantitative estimate of drug-likeness (QED) is 0.530. The van der Waals surface area contributed by atoms with Gasteiger partial charge in [-0.1, -0.05) is 35.9 Å². The highest BCUT2D eigenvalue weighted by molar-refractivity contribution is 6.33. The van der Waals surface area contributed by atoms with Crippen molar-refractivity contribution in [3.63, 3.8) is 0 Å². The first kappa shape index (κ1) is 19.8. The van der Waals surface area contributed by atoms with Gasteiger partial charge in [-0.2, -0.15) is 0 Å². The Bertz CT molecular complexity index is 1330. The van der Waals surface area contributed by atoms with Gasteiger partial charge in [0.2, 0.25) is 5.58 Å². The number of nitrogens with one attached hydrogen (secondary N) is 1. The molecule has 5 rings (SSSR count). The summed E-state index contributed by atoms with van der Waals surface area (Å²) in [6.07, 6.45) is 0.831. The average molecular weight is 437 g/mol. The minimum atomic E-state index is -0.276. The molecule has 1 saturated heterocycles. The molecular formula is C23H21ClN4O3. The Hall–Kier alpha value is -3.16. The van der Waals surface area contributed by atoms with Crippen LogP contribution in [0.25, 0.3) is 22.1 Å². The number of carbonyl (C=O) groups excluding carboxylic acids is 1. The molecule has 1 fully saturated rings. The van der Waals surface area contributed by atoms with Crippen LogP contribution in [0.15, 0.2) is 57.7 Å². The van der Waals surface area contributed by atoms with Gasteiger partial charge in [-0.25, -0.2) is 4.98 Å². The van der Waals surface area contributed by atoms with Crippen molar-refractivity contribution in [1.82, 2.24) is 19.8 Å². The number of benzene rings is 2. The molecule has 0 radical (unpaired) electrons. The summed E-state index contributed by atoms with van der Waals surface area (Å²) in [6, 6.07) is 14.6. The molecule has 2 aromatic carbocycles. The lowest BCUT2D eigenvalue weighted by Gasteiger charge is -2.22. The zero-order valence-corrected chi connectivity index (χ0v) is 17.6. The van der Waals surface area contributed by atoms with Gasteiger partial charge in [0.15, 0.2) is 0 Å². The number of halogens is 1. The molecule has 0 aliphatic carbocycles. The number of hydrogen-bond donors (Lipinski definition) is 1. The fourth-order valence-electron chi connectivity index (χ4n) is 4.07. The second-order valence-corrected chi connectivity index (χ2v) is 8.10. The van der Waals surface area contributed by atoms with Crippen LogP contribution < -0.4 is 5.56 Å². The summed E-state index contributed by atoms with van der Waals surface area (Å²) in [4.78, 5) is 37.0. The van der Waals surface area contributed by atoms with Crippen LogP contribution in [0.2, 0.25) is 5.02 Å². The molecule has 31 heavy (non-hydrogen) atoms. The fraction of sp³-hybridized carbons (Fsp3) is 0.261. The van der Waals surface area contributed by atoms with Crippen LogP contribution in [-0.4, -0.2) is 51.9 Å². The van der Waals surface area contributed by atoms with Crippen LogP contribution in [0.5, 0.6) is 0 Å². The lowest BCUT2D eigenvalue weighted by molar-refractivity contribution is 0.0761. The van der Waals surface area contributed by atoms with Crippen LogP contribution in [0.4, 0.5) is 0 Å². The number of furan rings is 1. The normalized spacial score (nSPS) is 15.5. The molecule has 1 amide bonds. The van der Waals surface area contributed by atoms with Gasteiger partial charge >= 0.3 is 0 Å². The Kier molecular flexibility index (Phi) is 5.21. The minimum absolute atomic E-state index is 0.0507. The average Bonchev–Trinajstić information content (AvgIpc) is 2.99. The van der Waals surface area contributed by atoms with E-state index in [-0.39, 0.29) is 17.0 Å². The third kappa shape index (κ3) is 3.82. The van der Waals surface area contributed by atoms with Crippen molar-refractivity contribution in [2.75, 3.05) is 26.2 Å². The molecular weight excluding hydrogens is 416 g/mol. The summed E-state index contributed by atoms with van der Waals surface area (Å²) < 4.78 is 5.67. The lowest BCUT2D eigenvalue weighted by atomic mass is 10.2. The van der Waals surface area contributed by atoms with Crippen LogP contribution in [-0.2, 0) is 6.54 Å². The van der Waals surface area contributed by atoms with E-state index < -0.39 is 0 Å². The molecule has 0 atom stereocenters. The van der Waals surface area contributed by atoms with Gasteiger partial charge in [-0.15, -0.1) is 0 Å². The van der Waals surface area contributed by atoms with Gasteiger partial charge in [-0.05, 0) is 30.7 Å². The third-order valence-corrected chi connectivity index (χ3v) is 5.96. The number of H-pyrrole nitrogens is 1. The van der Waals surface area contributed by atoms with Crippen LogP contribution in [0.3, 0.4) is 0 Å². The first-order chi connectivity index (χ1) is 15.1. The van der Waals surface area contributed by atoms with Gasteiger partial charge in [0.1, 0.15) is 16.9 Å². The molecule has 0 spiro atoms. The van der Waals surface area contributed by atoms with Crippen molar-refractivity contribution in [2.45, 2.75) is 13.0 Å². The maximum Gasteiger partial charge on any atom is 0.294 e. The molecule has 0 saturated carbocycles. The highest BCUT2D eigenvalue weighted by Crippen LogP contribution is 2.24. The smallest absolute Gasteiger partial charge is 0.294 e. The Balaban J connectivity index is 1.34. The Morgan fingerprint density at radius 3 is 2.74 bits per heavy atom. The van der Waals surface area contributed by atoms with Crippen LogP contribution >= 0.6 is 11.6 Å². The standard InChI is InChI=1S/C23H21ClN4O3/c24-17-8-3-1-6-15(17)23(30)28-11-5-10-27(12-13-28)14-19-25-20-16-7-2-4-9-18(16)31-21(20)22(29)26-19/h1-4,6-9H,5,10-14H2,(H,25,26,29). The fourth-order valence-corrected chi connectivity index (χ4v) is 4.29. The SMILES string of the molecule is O=C(c1ccccc1Cl)N1CCCN(Cc2nc3c(oc4ccccc43)c(=O)[nH]2)CC1. The molecule has 1 aliphatic heterocycles. The van der Waals surface area contributed by atoms with Gasteiger partial charge < -0.3 is 14.3 Å². The van der Waals surface area contributed by atoms with E-state index in [0.29, 0.717) is 53.7 Å². The third-order valence-electron chi connectivity index (χ3n) is 5.63. The van der Waals surface area contributed by atoms with Crippen molar-refractivity contribution < 1.29 is 9.21 Å². The highest BCUT2D eigenvalue weighted by atomic mass is 35.5. The minimum Gasteiger partial charge on any atom is -0.449 e. The number of nitrogens with zero attached hydrogens (tertiary/aromatic N) is 3. The number of aromatic nitrogens is 2. The molecule has 4 aromatic rings. The van der Waals surface area contributed by atoms with Gasteiger partial charge in [0.25, 0.3) is 11.5 Å². The largest absolute Gasteiger partial charge is 0.449 e. The van der Waals surface area contributed by atoms with Crippen molar-refractivity contribution in [3.8, 4) is 0 Å². The Morgan fingerprint density at radius 2 is 1.87 bits per heavy atom. The molecule has 2 aromatic heterocycles. The summed E-state index contributed by atoms with van der Waals surface area (Å²) in [5.41, 5.74) is 1.73. The predicted molar refractivity (Wildman–Crippen MR) is 119 cm³/mol. The summed E-state index contributed by atoms with van der Waals surface area (Å²) in [6.45, 7) is 3.24. The molecule has 7 nitrogen and oxygen atoms in total. The molecule has 1 aliphatic rings. The topological polar surface area (TPSA) is 82.4 Å². The summed E-state index contributed by atoms with van der Waals surface area (Å²) >= 11 is 6.20.